The molecule has 0 saturated heterocycles. The van der Waals surface area contributed by atoms with E-state index in [0.29, 0.717) is 24.2 Å². The highest BCUT2D eigenvalue weighted by atomic mass is 35.5. The first kappa shape index (κ1) is 13.3. The predicted molar refractivity (Wildman–Crippen MR) is 68.2 cm³/mol. The Kier molecular flexibility index (Phi) is 4.53. The number of rotatable bonds is 5. The molecule has 0 radical (unpaired) electrons. The van der Waals surface area contributed by atoms with Crippen LogP contribution in [0.2, 0.25) is 0 Å². The Labute approximate surface area is 111 Å². The minimum Gasteiger partial charge on any atom is -0.334 e. The quantitative estimate of drug-likeness (QED) is 0.771. The number of alkyl halides is 1. The van der Waals surface area contributed by atoms with Crippen LogP contribution in [0.25, 0.3) is 0 Å². The van der Waals surface area contributed by atoms with E-state index in [1.807, 2.05) is 4.90 Å². The van der Waals surface area contributed by atoms with E-state index in [0.717, 1.165) is 31.9 Å². The lowest BCUT2D eigenvalue weighted by Gasteiger charge is -2.37. The number of hydrogen-bond donors (Lipinski definition) is 0. The van der Waals surface area contributed by atoms with Gasteiger partial charge in [-0.25, -0.2) is 9.37 Å². The smallest absolute Gasteiger partial charge is 0.272 e. The van der Waals surface area contributed by atoms with E-state index in [1.165, 1.54) is 12.1 Å². The van der Waals surface area contributed by atoms with Crippen LogP contribution in [0.5, 0.6) is 0 Å². The van der Waals surface area contributed by atoms with Crippen LogP contribution in [0, 0.1) is 5.82 Å². The summed E-state index contributed by atoms with van der Waals surface area (Å²) in [6.07, 6.45) is 5.08. The van der Waals surface area contributed by atoms with E-state index in [-0.39, 0.29) is 5.91 Å². The Morgan fingerprint density at radius 2 is 2.28 bits per heavy atom. The molecule has 0 atom stereocenters. The van der Waals surface area contributed by atoms with Gasteiger partial charge in [-0.1, -0.05) is 0 Å². The first-order chi connectivity index (χ1) is 8.72. The lowest BCUT2D eigenvalue weighted by atomic mass is 9.91. The Hall–Kier alpha value is -1.16. The van der Waals surface area contributed by atoms with Crippen LogP contribution in [0.15, 0.2) is 18.3 Å². The molecule has 0 unspecified atom stereocenters. The van der Waals surface area contributed by atoms with Gasteiger partial charge in [-0.2, -0.15) is 0 Å². The maximum Gasteiger partial charge on any atom is 0.272 e. The lowest BCUT2D eigenvalue weighted by molar-refractivity contribution is 0.0574. The average molecular weight is 271 g/mol. The van der Waals surface area contributed by atoms with Crippen LogP contribution in [0.3, 0.4) is 0 Å². The predicted octanol–water partition coefficient (Wildman–Crippen LogP) is 2.84. The fourth-order valence-electron chi connectivity index (χ4n) is 2.03. The molecule has 0 aliphatic heterocycles. The van der Waals surface area contributed by atoms with Crippen LogP contribution in [-0.2, 0) is 0 Å². The van der Waals surface area contributed by atoms with Gasteiger partial charge >= 0.3 is 0 Å². The summed E-state index contributed by atoms with van der Waals surface area (Å²) in [6, 6.07) is 3.00. The molecule has 3 nitrogen and oxygen atoms in total. The summed E-state index contributed by atoms with van der Waals surface area (Å²) in [5, 5.41) is 0. The van der Waals surface area contributed by atoms with E-state index in [2.05, 4.69) is 4.98 Å². The Morgan fingerprint density at radius 1 is 1.50 bits per heavy atom. The SMILES string of the molecule is O=C(c1ccc(F)cn1)N(CCCCl)C1CCC1. The third-order valence-corrected chi connectivity index (χ3v) is 3.52. The van der Waals surface area contributed by atoms with E-state index >= 15 is 0 Å². The van der Waals surface area contributed by atoms with Gasteiger partial charge in [0.05, 0.1) is 6.20 Å². The number of carbonyl (C=O) groups is 1. The van der Waals surface area contributed by atoms with Gasteiger partial charge in [0.1, 0.15) is 11.5 Å². The van der Waals surface area contributed by atoms with Crippen molar-refractivity contribution in [2.45, 2.75) is 31.7 Å². The van der Waals surface area contributed by atoms with Crippen LogP contribution in [0.4, 0.5) is 4.39 Å². The Bertz CT molecular complexity index is 406. The molecule has 1 heterocycles. The van der Waals surface area contributed by atoms with E-state index < -0.39 is 5.82 Å². The number of carbonyl (C=O) groups excluding carboxylic acids is 1. The number of hydrogen-bond acceptors (Lipinski definition) is 2. The molecule has 1 aliphatic carbocycles. The number of amides is 1. The molecule has 1 aliphatic rings. The highest BCUT2D eigenvalue weighted by Crippen LogP contribution is 2.26. The molecular weight excluding hydrogens is 255 g/mol. The van der Waals surface area contributed by atoms with Gasteiger partial charge in [0.25, 0.3) is 5.91 Å². The summed E-state index contributed by atoms with van der Waals surface area (Å²) in [6.45, 7) is 0.645. The lowest BCUT2D eigenvalue weighted by Crippen LogP contribution is -2.45. The average Bonchev–Trinajstić information content (AvgIpc) is 2.32. The number of pyridine rings is 1. The van der Waals surface area contributed by atoms with Crippen molar-refractivity contribution in [2.24, 2.45) is 0 Å². The minimum atomic E-state index is -0.428. The van der Waals surface area contributed by atoms with Crippen molar-refractivity contribution in [3.05, 3.63) is 29.8 Å². The van der Waals surface area contributed by atoms with Gasteiger partial charge in [0, 0.05) is 18.5 Å². The van der Waals surface area contributed by atoms with Crippen molar-refractivity contribution in [3.63, 3.8) is 0 Å². The van der Waals surface area contributed by atoms with Gasteiger partial charge in [-0.05, 0) is 37.8 Å². The maximum atomic E-state index is 12.8. The van der Waals surface area contributed by atoms with E-state index in [1.54, 1.807) is 0 Å². The summed E-state index contributed by atoms with van der Waals surface area (Å²) in [5.74, 6) is -0.0137. The first-order valence-corrected chi connectivity index (χ1v) is 6.74. The van der Waals surface area contributed by atoms with Crippen molar-refractivity contribution < 1.29 is 9.18 Å². The third-order valence-electron chi connectivity index (χ3n) is 3.26. The molecule has 1 fully saturated rings. The summed E-state index contributed by atoms with van der Waals surface area (Å²) in [5.41, 5.74) is 0.304. The molecule has 0 spiro atoms. The molecule has 1 aromatic rings. The number of nitrogens with zero attached hydrogens (tertiary/aromatic N) is 2. The third kappa shape index (κ3) is 2.99. The van der Waals surface area contributed by atoms with E-state index in [9.17, 15) is 9.18 Å². The minimum absolute atomic E-state index is 0.121. The second-order valence-electron chi connectivity index (χ2n) is 4.49. The van der Waals surface area contributed by atoms with Crippen LogP contribution in [0.1, 0.15) is 36.2 Å². The van der Waals surface area contributed by atoms with Crippen LogP contribution < -0.4 is 0 Å². The molecule has 18 heavy (non-hydrogen) atoms. The fraction of sp³-hybridized carbons (Fsp3) is 0.538. The van der Waals surface area contributed by atoms with Crippen molar-refractivity contribution >= 4 is 17.5 Å². The summed E-state index contributed by atoms with van der Waals surface area (Å²) in [4.78, 5) is 18.0. The Morgan fingerprint density at radius 3 is 2.78 bits per heavy atom. The van der Waals surface area contributed by atoms with Gasteiger partial charge in [0.2, 0.25) is 0 Å². The van der Waals surface area contributed by atoms with Crippen LogP contribution >= 0.6 is 11.6 Å². The van der Waals surface area contributed by atoms with Gasteiger partial charge in [0.15, 0.2) is 0 Å². The standard InChI is InChI=1S/C13H16ClFN2O/c14-7-2-8-17(11-3-1-4-11)13(18)12-6-5-10(15)9-16-12/h5-6,9,11H,1-4,7-8H2. The van der Waals surface area contributed by atoms with Crippen molar-refractivity contribution in [1.29, 1.82) is 0 Å². The largest absolute Gasteiger partial charge is 0.334 e. The monoisotopic (exact) mass is 270 g/mol. The highest BCUT2D eigenvalue weighted by Gasteiger charge is 2.29. The van der Waals surface area contributed by atoms with Crippen molar-refractivity contribution in [1.82, 2.24) is 9.88 Å². The van der Waals surface area contributed by atoms with Gasteiger partial charge < -0.3 is 4.90 Å². The molecule has 1 amide bonds. The second-order valence-corrected chi connectivity index (χ2v) is 4.87. The molecule has 0 bridgehead atoms. The fourth-order valence-corrected chi connectivity index (χ4v) is 2.15. The topological polar surface area (TPSA) is 33.2 Å². The number of halogens is 2. The molecule has 1 saturated carbocycles. The molecule has 0 N–H and O–H groups in total. The second kappa shape index (κ2) is 6.14. The normalized spacial score (nSPS) is 15.2. The summed E-state index contributed by atoms with van der Waals surface area (Å²) in [7, 11) is 0. The molecule has 1 aromatic heterocycles. The zero-order chi connectivity index (χ0) is 13.0. The maximum absolute atomic E-state index is 12.8. The van der Waals surface area contributed by atoms with E-state index in [4.69, 9.17) is 11.6 Å². The highest BCUT2D eigenvalue weighted by molar-refractivity contribution is 6.17. The Balaban J connectivity index is 2.08. The van der Waals surface area contributed by atoms with Gasteiger partial charge in [-0.15, -0.1) is 11.6 Å². The zero-order valence-electron chi connectivity index (χ0n) is 10.1. The zero-order valence-corrected chi connectivity index (χ0v) is 10.9. The first-order valence-electron chi connectivity index (χ1n) is 6.21. The molecule has 0 aromatic carbocycles. The van der Waals surface area contributed by atoms with Crippen molar-refractivity contribution in [3.8, 4) is 0 Å². The molecular formula is C13H16ClFN2O. The summed E-state index contributed by atoms with van der Waals surface area (Å²) >= 11 is 5.68. The molecule has 2 rings (SSSR count). The summed E-state index contributed by atoms with van der Waals surface area (Å²) < 4.78 is 12.8. The van der Waals surface area contributed by atoms with Gasteiger partial charge in [-0.3, -0.25) is 4.79 Å². The molecule has 98 valence electrons. The number of aromatic nitrogens is 1. The van der Waals surface area contributed by atoms with Crippen LogP contribution in [-0.4, -0.2) is 34.3 Å². The van der Waals surface area contributed by atoms with Crippen molar-refractivity contribution in [2.75, 3.05) is 12.4 Å². The molecule has 5 heteroatoms.